The van der Waals surface area contributed by atoms with Gasteiger partial charge in [0.05, 0.1) is 12.0 Å². The molecular weight excluding hydrogens is 424 g/mol. The Hall–Kier alpha value is -3.56. The molecule has 1 aromatic heterocycles. The number of benzene rings is 1. The highest BCUT2D eigenvalue weighted by Crippen LogP contribution is 2.40. The molecule has 1 aromatic carbocycles. The van der Waals surface area contributed by atoms with E-state index in [1.54, 1.807) is 25.1 Å². The third-order valence-electron chi connectivity index (χ3n) is 5.35. The molecule has 0 aliphatic heterocycles. The van der Waals surface area contributed by atoms with E-state index >= 15 is 0 Å². The number of aliphatic carboxylic acids is 1. The number of alkyl halides is 2. The van der Waals surface area contributed by atoms with Crippen molar-refractivity contribution in [3.63, 3.8) is 0 Å². The fourth-order valence-electron chi connectivity index (χ4n) is 3.85. The summed E-state index contributed by atoms with van der Waals surface area (Å²) < 4.78 is 30.7. The Morgan fingerprint density at radius 1 is 1.31 bits per heavy atom. The second-order valence-corrected chi connectivity index (χ2v) is 7.86. The maximum atomic E-state index is 13.1. The van der Waals surface area contributed by atoms with Crippen LogP contribution in [0.2, 0.25) is 0 Å². The Labute approximate surface area is 182 Å². The number of carbonyl (C=O) groups is 3. The van der Waals surface area contributed by atoms with Gasteiger partial charge in [-0.25, -0.2) is 4.98 Å². The topological polar surface area (TPSA) is 132 Å². The summed E-state index contributed by atoms with van der Waals surface area (Å²) in [6, 6.07) is 8.29. The molecule has 2 aromatic rings. The van der Waals surface area contributed by atoms with Gasteiger partial charge in [-0.2, -0.15) is 8.78 Å². The maximum Gasteiger partial charge on any atom is 0.394 e. The van der Waals surface area contributed by atoms with Crippen LogP contribution in [0, 0.1) is 17.8 Å². The quantitative estimate of drug-likeness (QED) is 0.530. The Kier molecular flexibility index (Phi) is 6.42. The van der Waals surface area contributed by atoms with Crippen molar-refractivity contribution >= 4 is 23.5 Å². The van der Waals surface area contributed by atoms with Crippen LogP contribution in [0.25, 0.3) is 0 Å². The van der Waals surface area contributed by atoms with E-state index in [0.29, 0.717) is 18.1 Å². The monoisotopic (exact) mass is 447 g/mol. The molecule has 10 heteroatoms. The van der Waals surface area contributed by atoms with Crippen molar-refractivity contribution in [3.8, 4) is 5.75 Å². The summed E-state index contributed by atoms with van der Waals surface area (Å²) >= 11 is 0. The van der Waals surface area contributed by atoms with Gasteiger partial charge in [0.1, 0.15) is 17.5 Å². The predicted molar refractivity (Wildman–Crippen MR) is 110 cm³/mol. The molecule has 0 bridgehead atoms. The fourth-order valence-corrected chi connectivity index (χ4v) is 3.85. The number of nitrogens with zero attached hydrogens (tertiary/aromatic N) is 1. The van der Waals surface area contributed by atoms with Gasteiger partial charge >= 0.3 is 12.1 Å². The molecule has 4 N–H and O–H groups in total. The van der Waals surface area contributed by atoms with Crippen LogP contribution < -0.4 is 15.8 Å². The molecule has 1 fully saturated rings. The number of rotatable bonds is 8. The number of aromatic nitrogens is 1. The summed E-state index contributed by atoms with van der Waals surface area (Å²) in [5.41, 5.74) is 6.74. The van der Waals surface area contributed by atoms with Gasteiger partial charge in [-0.15, -0.1) is 0 Å². The Balaban J connectivity index is 1.70. The molecule has 0 spiro atoms. The molecule has 1 aliphatic rings. The lowest BCUT2D eigenvalue weighted by Gasteiger charge is -2.39. The van der Waals surface area contributed by atoms with Gasteiger partial charge in [-0.3, -0.25) is 14.4 Å². The van der Waals surface area contributed by atoms with E-state index in [1.165, 1.54) is 24.4 Å². The van der Waals surface area contributed by atoms with Crippen LogP contribution in [0.3, 0.4) is 0 Å². The summed E-state index contributed by atoms with van der Waals surface area (Å²) in [4.78, 5) is 41.0. The number of Topliss-reactive ketones (excluding diaryl/α,β-unsaturated/α-hetero) is 1. The van der Waals surface area contributed by atoms with E-state index < -0.39 is 47.6 Å². The third kappa shape index (κ3) is 5.19. The first-order valence-corrected chi connectivity index (χ1v) is 9.90. The van der Waals surface area contributed by atoms with Gasteiger partial charge in [-0.1, -0.05) is 12.1 Å². The Morgan fingerprint density at radius 2 is 2.03 bits per heavy atom. The average molecular weight is 447 g/mol. The molecule has 8 nitrogen and oxygen atoms in total. The number of pyridine rings is 1. The van der Waals surface area contributed by atoms with Gasteiger partial charge in [0.25, 0.3) is 0 Å². The van der Waals surface area contributed by atoms with Gasteiger partial charge in [0, 0.05) is 19.0 Å². The standard InChI is InChI=1S/C22H23F2N3O5/c1-11(13-4-3-5-14(10-13)32-22(2,23)24)27-20(29)18-17(21(30)31)15(19(18)28)8-12-6-7-26-16(25)9-12/h3-7,9-11,15,17-18H,8H2,1-2H3,(H2,25,26)(H,27,29)(H,30,31)/t11-,15-,17-,18?/m1/s1. The van der Waals surface area contributed by atoms with Crippen LogP contribution >= 0.6 is 0 Å². The minimum Gasteiger partial charge on any atom is -0.481 e. The summed E-state index contributed by atoms with van der Waals surface area (Å²) in [6.07, 6.45) is -1.78. The van der Waals surface area contributed by atoms with Crippen molar-refractivity contribution < 1.29 is 33.0 Å². The Bertz CT molecular complexity index is 1040. The van der Waals surface area contributed by atoms with E-state index in [4.69, 9.17) is 5.73 Å². The largest absolute Gasteiger partial charge is 0.481 e. The van der Waals surface area contributed by atoms with Crippen molar-refractivity contribution in [3.05, 3.63) is 53.7 Å². The highest BCUT2D eigenvalue weighted by Gasteiger charge is 2.57. The average Bonchev–Trinajstić information content (AvgIpc) is 2.68. The highest BCUT2D eigenvalue weighted by atomic mass is 19.3. The number of amides is 1. The lowest BCUT2D eigenvalue weighted by molar-refractivity contribution is -0.167. The number of hydrogen-bond donors (Lipinski definition) is 3. The SMILES string of the molecule is C[C@@H](NC(=O)C1C(=O)[C@H](Cc2ccnc(N)c2)[C@H]1C(=O)O)c1cccc(OC(C)(F)F)c1. The first kappa shape index (κ1) is 23.1. The van der Waals surface area contributed by atoms with Crippen LogP contribution in [-0.4, -0.2) is 33.9 Å². The van der Waals surface area contributed by atoms with Crippen LogP contribution in [0.1, 0.15) is 31.0 Å². The van der Waals surface area contributed by atoms with Crippen molar-refractivity contribution in [2.75, 3.05) is 5.73 Å². The number of nitrogens with one attached hydrogen (secondary N) is 1. The van der Waals surface area contributed by atoms with Crippen LogP contribution in [-0.2, 0) is 20.8 Å². The number of carbonyl (C=O) groups excluding carboxylic acids is 2. The van der Waals surface area contributed by atoms with Crippen LogP contribution in [0.4, 0.5) is 14.6 Å². The van der Waals surface area contributed by atoms with Gasteiger partial charge in [0.15, 0.2) is 5.78 Å². The van der Waals surface area contributed by atoms with Gasteiger partial charge in [0.2, 0.25) is 5.91 Å². The van der Waals surface area contributed by atoms with E-state index in [1.807, 2.05) is 0 Å². The third-order valence-corrected chi connectivity index (χ3v) is 5.35. The second kappa shape index (κ2) is 8.89. The van der Waals surface area contributed by atoms with E-state index in [2.05, 4.69) is 15.0 Å². The highest BCUT2D eigenvalue weighted by molar-refractivity contribution is 6.12. The zero-order valence-corrected chi connectivity index (χ0v) is 17.4. The fraction of sp³-hybridized carbons (Fsp3) is 0.364. The van der Waals surface area contributed by atoms with Gasteiger partial charge < -0.3 is 20.9 Å². The van der Waals surface area contributed by atoms with Gasteiger partial charge in [-0.05, 0) is 48.7 Å². The van der Waals surface area contributed by atoms with E-state index in [0.717, 1.165) is 0 Å². The molecule has 0 radical (unpaired) electrons. The van der Waals surface area contributed by atoms with E-state index in [-0.39, 0.29) is 18.0 Å². The molecule has 4 atom stereocenters. The molecule has 3 rings (SSSR count). The Morgan fingerprint density at radius 3 is 2.66 bits per heavy atom. The number of ketones is 1. The number of anilines is 1. The van der Waals surface area contributed by atoms with Crippen molar-refractivity contribution in [1.82, 2.24) is 10.3 Å². The lowest BCUT2D eigenvalue weighted by atomic mass is 9.61. The van der Waals surface area contributed by atoms with Crippen LogP contribution in [0.15, 0.2) is 42.6 Å². The molecule has 1 heterocycles. The molecule has 1 aliphatic carbocycles. The molecule has 1 unspecified atom stereocenters. The number of nitrogens with two attached hydrogens (primary N) is 1. The second-order valence-electron chi connectivity index (χ2n) is 7.86. The minimum absolute atomic E-state index is 0.0871. The smallest absolute Gasteiger partial charge is 0.394 e. The molecule has 32 heavy (non-hydrogen) atoms. The summed E-state index contributed by atoms with van der Waals surface area (Å²) in [5.74, 6) is -5.66. The summed E-state index contributed by atoms with van der Waals surface area (Å²) in [5, 5.41) is 12.2. The molecule has 0 saturated heterocycles. The number of carboxylic acids is 1. The maximum absolute atomic E-state index is 13.1. The first-order chi connectivity index (χ1) is 15.0. The number of halogens is 2. The molecule has 170 valence electrons. The first-order valence-electron chi connectivity index (χ1n) is 9.90. The normalized spacial score (nSPS) is 21.4. The zero-order chi connectivity index (χ0) is 23.6. The van der Waals surface area contributed by atoms with Crippen molar-refractivity contribution in [2.45, 2.75) is 32.4 Å². The van der Waals surface area contributed by atoms with Crippen molar-refractivity contribution in [1.29, 1.82) is 0 Å². The minimum atomic E-state index is -3.37. The predicted octanol–water partition coefficient (Wildman–Crippen LogP) is 2.59. The molecule has 1 saturated carbocycles. The lowest BCUT2D eigenvalue weighted by Crippen LogP contribution is -2.58. The summed E-state index contributed by atoms with van der Waals surface area (Å²) in [7, 11) is 0. The molecule has 1 amide bonds. The number of carboxylic acid groups (broad SMARTS) is 1. The van der Waals surface area contributed by atoms with E-state index in [9.17, 15) is 28.3 Å². The van der Waals surface area contributed by atoms with Crippen molar-refractivity contribution in [2.24, 2.45) is 17.8 Å². The summed E-state index contributed by atoms with van der Waals surface area (Å²) in [6.45, 7) is 2.20. The number of hydrogen-bond acceptors (Lipinski definition) is 6. The zero-order valence-electron chi connectivity index (χ0n) is 17.4. The molecular formula is C22H23F2N3O5. The van der Waals surface area contributed by atoms with Crippen LogP contribution in [0.5, 0.6) is 5.75 Å². The number of ether oxygens (including phenoxy) is 1. The number of nitrogen functional groups attached to an aromatic ring is 1.